The first-order valence-electron chi connectivity index (χ1n) is 6.51. The molecule has 0 atom stereocenters. The molecule has 0 saturated heterocycles. The van der Waals surface area contributed by atoms with Crippen molar-refractivity contribution in [3.05, 3.63) is 63.1 Å². The predicted octanol–water partition coefficient (Wildman–Crippen LogP) is 3.94. The van der Waals surface area contributed by atoms with E-state index in [-0.39, 0.29) is 12.5 Å². The summed E-state index contributed by atoms with van der Waals surface area (Å²) in [5.74, 6) is 0.269. The summed E-state index contributed by atoms with van der Waals surface area (Å²) in [6, 6.07) is 12.8. The second kappa shape index (κ2) is 7.96. The summed E-state index contributed by atoms with van der Waals surface area (Å²) in [6.07, 6.45) is 1.52. The molecular formula is C16H14BrClN2O2. The highest BCUT2D eigenvalue weighted by Gasteiger charge is 2.04. The first-order valence-corrected chi connectivity index (χ1v) is 7.68. The number of hydrogen-bond acceptors (Lipinski definition) is 3. The van der Waals surface area contributed by atoms with Crippen LogP contribution in [0.4, 0.5) is 0 Å². The van der Waals surface area contributed by atoms with Crippen LogP contribution in [0, 0.1) is 6.92 Å². The number of ether oxygens (including phenoxy) is 1. The Morgan fingerprint density at radius 1 is 1.36 bits per heavy atom. The van der Waals surface area contributed by atoms with Gasteiger partial charge in [-0.25, -0.2) is 5.43 Å². The standard InChI is InChI=1S/C16H14BrClN2O2/c1-11-5-6-15(14(17)7-11)22-10-16(21)20-19-9-12-3-2-4-13(18)8-12/h2-9H,10H2,1H3,(H,20,21). The summed E-state index contributed by atoms with van der Waals surface area (Å²) in [6.45, 7) is 1.86. The van der Waals surface area contributed by atoms with Crippen LogP contribution < -0.4 is 10.2 Å². The molecule has 2 aromatic rings. The van der Waals surface area contributed by atoms with Crippen molar-refractivity contribution in [3.63, 3.8) is 0 Å². The van der Waals surface area contributed by atoms with Crippen molar-refractivity contribution < 1.29 is 9.53 Å². The molecule has 2 aromatic carbocycles. The maximum absolute atomic E-state index is 11.7. The Bertz CT molecular complexity index is 704. The third kappa shape index (κ3) is 5.16. The number of carbonyl (C=O) groups excluding carboxylic acids is 1. The van der Waals surface area contributed by atoms with Crippen LogP contribution in [-0.2, 0) is 4.79 Å². The predicted molar refractivity (Wildman–Crippen MR) is 91.6 cm³/mol. The molecule has 0 radical (unpaired) electrons. The average molecular weight is 382 g/mol. The summed E-state index contributed by atoms with van der Waals surface area (Å²) in [4.78, 5) is 11.7. The Morgan fingerprint density at radius 3 is 2.91 bits per heavy atom. The quantitative estimate of drug-likeness (QED) is 0.630. The van der Waals surface area contributed by atoms with Crippen LogP contribution in [0.15, 0.2) is 52.0 Å². The van der Waals surface area contributed by atoms with Gasteiger partial charge in [-0.15, -0.1) is 0 Å². The van der Waals surface area contributed by atoms with Gasteiger partial charge in [0, 0.05) is 5.02 Å². The van der Waals surface area contributed by atoms with Crippen molar-refractivity contribution in [2.75, 3.05) is 6.61 Å². The number of nitrogens with one attached hydrogen (secondary N) is 1. The zero-order chi connectivity index (χ0) is 15.9. The largest absolute Gasteiger partial charge is 0.483 e. The monoisotopic (exact) mass is 380 g/mol. The summed E-state index contributed by atoms with van der Waals surface area (Å²) in [7, 11) is 0. The molecule has 0 heterocycles. The summed E-state index contributed by atoms with van der Waals surface area (Å²) >= 11 is 9.24. The normalized spacial score (nSPS) is 10.7. The third-order valence-corrected chi connectivity index (χ3v) is 3.55. The Kier molecular flexibility index (Phi) is 5.98. The smallest absolute Gasteiger partial charge is 0.277 e. The van der Waals surface area contributed by atoms with E-state index < -0.39 is 0 Å². The van der Waals surface area contributed by atoms with Crippen LogP contribution in [0.25, 0.3) is 0 Å². The highest BCUT2D eigenvalue weighted by atomic mass is 79.9. The molecule has 0 aliphatic rings. The summed E-state index contributed by atoms with van der Waals surface area (Å²) < 4.78 is 6.23. The zero-order valence-corrected chi connectivity index (χ0v) is 14.2. The second-order valence-electron chi connectivity index (χ2n) is 4.57. The topological polar surface area (TPSA) is 50.7 Å². The summed E-state index contributed by atoms with van der Waals surface area (Å²) in [5, 5.41) is 4.47. The molecule has 0 spiro atoms. The molecule has 1 N–H and O–H groups in total. The molecule has 114 valence electrons. The molecule has 1 amide bonds. The highest BCUT2D eigenvalue weighted by molar-refractivity contribution is 9.10. The number of aryl methyl sites for hydroxylation is 1. The molecule has 0 aliphatic carbocycles. The zero-order valence-electron chi connectivity index (χ0n) is 11.8. The lowest BCUT2D eigenvalue weighted by molar-refractivity contribution is -0.123. The van der Waals surface area contributed by atoms with E-state index in [1.165, 1.54) is 6.21 Å². The van der Waals surface area contributed by atoms with Gasteiger partial charge in [0.05, 0.1) is 10.7 Å². The maximum atomic E-state index is 11.7. The second-order valence-corrected chi connectivity index (χ2v) is 5.86. The Labute approximate surface area is 142 Å². The molecule has 0 fully saturated rings. The van der Waals surface area contributed by atoms with Gasteiger partial charge in [0.25, 0.3) is 5.91 Å². The molecule has 0 aromatic heterocycles. The number of hydrogen-bond donors (Lipinski definition) is 1. The van der Waals surface area contributed by atoms with Crippen LogP contribution in [0.1, 0.15) is 11.1 Å². The lowest BCUT2D eigenvalue weighted by Crippen LogP contribution is -2.24. The lowest BCUT2D eigenvalue weighted by atomic mass is 10.2. The minimum atomic E-state index is -0.342. The highest BCUT2D eigenvalue weighted by Crippen LogP contribution is 2.25. The fourth-order valence-electron chi connectivity index (χ4n) is 1.66. The van der Waals surface area contributed by atoms with Crippen LogP contribution in [0.2, 0.25) is 5.02 Å². The van der Waals surface area contributed by atoms with E-state index in [4.69, 9.17) is 16.3 Å². The van der Waals surface area contributed by atoms with Gasteiger partial charge in [-0.1, -0.05) is 29.8 Å². The molecule has 0 bridgehead atoms. The van der Waals surface area contributed by atoms with Crippen molar-refractivity contribution in [1.29, 1.82) is 0 Å². The van der Waals surface area contributed by atoms with Gasteiger partial charge in [-0.3, -0.25) is 4.79 Å². The Morgan fingerprint density at radius 2 is 2.18 bits per heavy atom. The van der Waals surface area contributed by atoms with E-state index >= 15 is 0 Å². The van der Waals surface area contributed by atoms with E-state index in [0.717, 1.165) is 15.6 Å². The van der Waals surface area contributed by atoms with E-state index in [1.54, 1.807) is 12.1 Å². The Hall–Kier alpha value is -1.85. The maximum Gasteiger partial charge on any atom is 0.277 e. The number of rotatable bonds is 5. The number of halogens is 2. The van der Waals surface area contributed by atoms with Crippen molar-refractivity contribution in [1.82, 2.24) is 5.43 Å². The van der Waals surface area contributed by atoms with Gasteiger partial charge in [0.1, 0.15) is 5.75 Å². The van der Waals surface area contributed by atoms with Crippen molar-refractivity contribution >= 4 is 39.7 Å². The number of amides is 1. The molecule has 4 nitrogen and oxygen atoms in total. The fraction of sp³-hybridized carbons (Fsp3) is 0.125. The number of hydrazone groups is 1. The van der Waals surface area contributed by atoms with Gasteiger partial charge >= 0.3 is 0 Å². The minimum Gasteiger partial charge on any atom is -0.483 e. The third-order valence-electron chi connectivity index (χ3n) is 2.70. The number of carbonyl (C=O) groups is 1. The van der Waals surface area contributed by atoms with Crippen molar-refractivity contribution in [2.45, 2.75) is 6.92 Å². The molecule has 0 saturated carbocycles. The van der Waals surface area contributed by atoms with Gasteiger partial charge < -0.3 is 4.74 Å². The first kappa shape index (κ1) is 16.5. The molecule has 0 unspecified atom stereocenters. The van der Waals surface area contributed by atoms with E-state index in [9.17, 15) is 4.79 Å². The van der Waals surface area contributed by atoms with Crippen LogP contribution in [0.3, 0.4) is 0 Å². The molecule has 22 heavy (non-hydrogen) atoms. The van der Waals surface area contributed by atoms with Gasteiger partial charge in [0.15, 0.2) is 6.61 Å². The van der Waals surface area contributed by atoms with Crippen LogP contribution in [0.5, 0.6) is 5.75 Å². The molecule has 2 rings (SSSR count). The number of benzene rings is 2. The fourth-order valence-corrected chi connectivity index (χ4v) is 2.47. The molecule has 6 heteroatoms. The summed E-state index contributed by atoms with van der Waals surface area (Å²) in [5.41, 5.74) is 4.31. The van der Waals surface area contributed by atoms with Crippen LogP contribution in [-0.4, -0.2) is 18.7 Å². The van der Waals surface area contributed by atoms with Gasteiger partial charge in [-0.2, -0.15) is 5.10 Å². The number of nitrogens with zero attached hydrogens (tertiary/aromatic N) is 1. The van der Waals surface area contributed by atoms with Crippen molar-refractivity contribution in [3.8, 4) is 5.75 Å². The first-order chi connectivity index (χ1) is 10.5. The van der Waals surface area contributed by atoms with E-state index in [0.29, 0.717) is 10.8 Å². The van der Waals surface area contributed by atoms with E-state index in [2.05, 4.69) is 26.5 Å². The van der Waals surface area contributed by atoms with Crippen molar-refractivity contribution in [2.24, 2.45) is 5.10 Å². The minimum absolute atomic E-state index is 0.117. The Balaban J connectivity index is 1.83. The van der Waals surface area contributed by atoms with Gasteiger partial charge in [0.2, 0.25) is 0 Å². The molecular weight excluding hydrogens is 368 g/mol. The van der Waals surface area contributed by atoms with Gasteiger partial charge in [-0.05, 0) is 58.2 Å². The van der Waals surface area contributed by atoms with Crippen LogP contribution >= 0.6 is 27.5 Å². The lowest BCUT2D eigenvalue weighted by Gasteiger charge is -2.07. The SMILES string of the molecule is Cc1ccc(OCC(=O)NN=Cc2cccc(Cl)c2)c(Br)c1. The average Bonchev–Trinajstić information content (AvgIpc) is 2.46. The molecule has 0 aliphatic heterocycles. The van der Waals surface area contributed by atoms with E-state index in [1.807, 2.05) is 37.3 Å².